The molecule has 34 heavy (non-hydrogen) atoms. The Kier molecular flexibility index (Phi) is 9.48. The van der Waals surface area contributed by atoms with Crippen molar-refractivity contribution in [2.45, 2.75) is 33.0 Å². The molecule has 0 radical (unpaired) electrons. The predicted octanol–water partition coefficient (Wildman–Crippen LogP) is 3.93. The van der Waals surface area contributed by atoms with Gasteiger partial charge in [-0.25, -0.2) is 4.79 Å². The van der Waals surface area contributed by atoms with Crippen LogP contribution in [0.15, 0.2) is 48.5 Å². The molecule has 7 heteroatoms. The second-order valence-electron chi connectivity index (χ2n) is 9.04. The van der Waals surface area contributed by atoms with Crippen LogP contribution in [0.25, 0.3) is 0 Å². The SMILES string of the molecule is COC(=O)c1ccc(COC(CN2CCN(C(=O)CC(C)C)CC2)c2cccc(OC)c2)cc1. The Morgan fingerprint density at radius 2 is 1.68 bits per heavy atom. The van der Waals surface area contributed by atoms with E-state index in [1.165, 1.54) is 7.11 Å². The van der Waals surface area contributed by atoms with E-state index in [1.807, 2.05) is 35.2 Å². The van der Waals surface area contributed by atoms with E-state index in [-0.39, 0.29) is 18.0 Å². The topological polar surface area (TPSA) is 68.3 Å². The standard InChI is InChI=1S/C27H36N2O5/c1-20(2)16-26(30)29-14-12-28(13-15-29)18-25(23-6-5-7-24(17-23)32-3)34-19-21-8-10-22(11-9-21)27(31)33-4/h5-11,17,20,25H,12-16,18-19H2,1-4H3. The number of rotatable bonds is 10. The molecule has 2 aromatic rings. The monoisotopic (exact) mass is 468 g/mol. The third-order valence-corrected chi connectivity index (χ3v) is 6.02. The fourth-order valence-electron chi connectivity index (χ4n) is 4.04. The van der Waals surface area contributed by atoms with Gasteiger partial charge in [0.1, 0.15) is 5.75 Å². The first-order valence-electron chi connectivity index (χ1n) is 11.8. The van der Waals surface area contributed by atoms with Gasteiger partial charge in [0, 0.05) is 39.1 Å². The van der Waals surface area contributed by atoms with Crippen molar-refractivity contribution in [1.82, 2.24) is 9.80 Å². The highest BCUT2D eigenvalue weighted by Gasteiger charge is 2.24. The third kappa shape index (κ3) is 7.30. The van der Waals surface area contributed by atoms with E-state index in [0.29, 0.717) is 24.5 Å². The van der Waals surface area contributed by atoms with Crippen LogP contribution in [0.2, 0.25) is 0 Å². The largest absolute Gasteiger partial charge is 0.497 e. The van der Waals surface area contributed by atoms with Crippen LogP contribution in [0, 0.1) is 5.92 Å². The molecular formula is C27H36N2O5. The zero-order valence-corrected chi connectivity index (χ0v) is 20.7. The zero-order chi connectivity index (χ0) is 24.5. The number of amides is 1. The van der Waals surface area contributed by atoms with Crippen LogP contribution in [-0.2, 0) is 20.9 Å². The van der Waals surface area contributed by atoms with Gasteiger partial charge in [-0.2, -0.15) is 0 Å². The maximum atomic E-state index is 12.4. The van der Waals surface area contributed by atoms with Crippen LogP contribution in [0.5, 0.6) is 5.75 Å². The minimum atomic E-state index is -0.354. The van der Waals surface area contributed by atoms with Crippen molar-refractivity contribution in [2.24, 2.45) is 5.92 Å². The molecule has 1 aliphatic rings. The van der Waals surface area contributed by atoms with Gasteiger partial charge < -0.3 is 19.1 Å². The molecule has 1 unspecified atom stereocenters. The van der Waals surface area contributed by atoms with E-state index in [4.69, 9.17) is 14.2 Å². The molecule has 0 saturated carbocycles. The number of hydrogen-bond donors (Lipinski definition) is 0. The summed E-state index contributed by atoms with van der Waals surface area (Å²) < 4.78 is 16.6. The van der Waals surface area contributed by atoms with Crippen molar-refractivity contribution >= 4 is 11.9 Å². The molecule has 0 bridgehead atoms. The van der Waals surface area contributed by atoms with Gasteiger partial charge in [0.05, 0.1) is 32.5 Å². The average molecular weight is 469 g/mol. The Hall–Kier alpha value is -2.90. The smallest absolute Gasteiger partial charge is 0.337 e. The van der Waals surface area contributed by atoms with E-state index in [9.17, 15) is 9.59 Å². The van der Waals surface area contributed by atoms with E-state index in [0.717, 1.165) is 49.6 Å². The zero-order valence-electron chi connectivity index (χ0n) is 20.7. The molecule has 184 valence electrons. The number of hydrogen-bond acceptors (Lipinski definition) is 6. The van der Waals surface area contributed by atoms with Crippen molar-refractivity contribution in [2.75, 3.05) is 46.9 Å². The molecule has 0 aliphatic carbocycles. The van der Waals surface area contributed by atoms with Crippen LogP contribution >= 0.6 is 0 Å². The maximum Gasteiger partial charge on any atom is 0.337 e. The minimum absolute atomic E-state index is 0.159. The molecule has 1 heterocycles. The van der Waals surface area contributed by atoms with Gasteiger partial charge >= 0.3 is 5.97 Å². The summed E-state index contributed by atoms with van der Waals surface area (Å²) in [5.74, 6) is 1.05. The highest BCUT2D eigenvalue weighted by atomic mass is 16.5. The maximum absolute atomic E-state index is 12.4. The predicted molar refractivity (Wildman–Crippen MR) is 131 cm³/mol. The number of nitrogens with zero attached hydrogens (tertiary/aromatic N) is 2. The van der Waals surface area contributed by atoms with Crippen molar-refractivity contribution in [3.63, 3.8) is 0 Å². The van der Waals surface area contributed by atoms with E-state index in [2.05, 4.69) is 24.8 Å². The quantitative estimate of drug-likeness (QED) is 0.492. The van der Waals surface area contributed by atoms with Crippen LogP contribution in [0.1, 0.15) is 47.9 Å². The number of methoxy groups -OCH3 is 2. The summed E-state index contributed by atoms with van der Waals surface area (Å²) in [6.07, 6.45) is 0.443. The fourth-order valence-corrected chi connectivity index (χ4v) is 4.04. The molecule has 1 fully saturated rings. The van der Waals surface area contributed by atoms with Crippen molar-refractivity contribution in [3.8, 4) is 5.75 Å². The Bertz CT molecular complexity index is 936. The molecule has 0 N–H and O–H groups in total. The lowest BCUT2D eigenvalue weighted by Gasteiger charge is -2.36. The number of carbonyl (C=O) groups is 2. The number of carbonyl (C=O) groups excluding carboxylic acids is 2. The summed E-state index contributed by atoms with van der Waals surface area (Å²) >= 11 is 0. The molecule has 2 aromatic carbocycles. The summed E-state index contributed by atoms with van der Waals surface area (Å²) in [4.78, 5) is 28.4. The second kappa shape index (κ2) is 12.5. The summed E-state index contributed by atoms with van der Waals surface area (Å²) in [5.41, 5.74) is 2.54. The fraction of sp³-hybridized carbons (Fsp3) is 0.481. The molecular weight excluding hydrogens is 432 g/mol. The van der Waals surface area contributed by atoms with Gasteiger partial charge in [0.15, 0.2) is 0 Å². The van der Waals surface area contributed by atoms with Crippen LogP contribution in [-0.4, -0.2) is 68.6 Å². The number of ether oxygens (including phenoxy) is 3. The lowest BCUT2D eigenvalue weighted by Crippen LogP contribution is -2.49. The van der Waals surface area contributed by atoms with Gasteiger partial charge in [-0.1, -0.05) is 38.1 Å². The average Bonchev–Trinajstić information content (AvgIpc) is 2.86. The molecule has 7 nitrogen and oxygen atoms in total. The summed E-state index contributed by atoms with van der Waals surface area (Å²) in [6.45, 7) is 8.41. The van der Waals surface area contributed by atoms with Crippen molar-refractivity contribution < 1.29 is 23.8 Å². The van der Waals surface area contributed by atoms with Gasteiger partial charge in [-0.05, 0) is 41.3 Å². The van der Waals surface area contributed by atoms with Gasteiger partial charge in [0.25, 0.3) is 0 Å². The van der Waals surface area contributed by atoms with Gasteiger partial charge in [-0.3, -0.25) is 9.69 Å². The van der Waals surface area contributed by atoms with Crippen molar-refractivity contribution in [1.29, 1.82) is 0 Å². The van der Waals surface area contributed by atoms with E-state index in [1.54, 1.807) is 19.2 Å². The Morgan fingerprint density at radius 3 is 2.29 bits per heavy atom. The van der Waals surface area contributed by atoms with Crippen LogP contribution in [0.3, 0.4) is 0 Å². The highest BCUT2D eigenvalue weighted by Crippen LogP contribution is 2.25. The molecule has 0 aromatic heterocycles. The molecule has 3 rings (SSSR count). The summed E-state index contributed by atoms with van der Waals surface area (Å²) in [5, 5.41) is 0. The van der Waals surface area contributed by atoms with Crippen LogP contribution < -0.4 is 4.74 Å². The first kappa shape index (κ1) is 25.7. The summed E-state index contributed by atoms with van der Waals surface area (Å²) in [7, 11) is 3.03. The van der Waals surface area contributed by atoms with Gasteiger partial charge in [-0.15, -0.1) is 0 Å². The molecule has 1 saturated heterocycles. The Balaban J connectivity index is 1.65. The third-order valence-electron chi connectivity index (χ3n) is 6.02. The Morgan fingerprint density at radius 1 is 0.971 bits per heavy atom. The minimum Gasteiger partial charge on any atom is -0.497 e. The van der Waals surface area contributed by atoms with Gasteiger partial charge in [0.2, 0.25) is 5.91 Å². The highest BCUT2D eigenvalue weighted by molar-refractivity contribution is 5.89. The van der Waals surface area contributed by atoms with Crippen molar-refractivity contribution in [3.05, 3.63) is 65.2 Å². The van der Waals surface area contributed by atoms with E-state index < -0.39 is 0 Å². The molecule has 1 aliphatic heterocycles. The number of benzene rings is 2. The number of esters is 1. The lowest BCUT2D eigenvalue weighted by atomic mass is 10.1. The molecule has 1 atom stereocenters. The van der Waals surface area contributed by atoms with E-state index >= 15 is 0 Å². The lowest BCUT2D eigenvalue weighted by molar-refractivity contribution is -0.134. The van der Waals surface area contributed by atoms with Crippen LogP contribution in [0.4, 0.5) is 0 Å². The molecule has 0 spiro atoms. The normalized spacial score (nSPS) is 15.3. The first-order valence-corrected chi connectivity index (χ1v) is 11.8. The first-order chi connectivity index (χ1) is 16.4. The number of piperazine rings is 1. The second-order valence-corrected chi connectivity index (χ2v) is 9.04. The Labute approximate surface area is 202 Å². The molecule has 1 amide bonds. The summed E-state index contributed by atoms with van der Waals surface area (Å²) in [6, 6.07) is 15.2.